The van der Waals surface area contributed by atoms with Crippen LogP contribution in [0.25, 0.3) is 16.7 Å². The lowest BCUT2D eigenvalue weighted by Crippen LogP contribution is -2.15. The summed E-state index contributed by atoms with van der Waals surface area (Å²) < 4.78 is 12.8. The highest BCUT2D eigenvalue weighted by atomic mass is 16.6. The van der Waals surface area contributed by atoms with Gasteiger partial charge < -0.3 is 14.8 Å². The maximum atomic E-state index is 5.61. The van der Waals surface area contributed by atoms with Crippen LogP contribution in [0, 0.1) is 0 Å². The SMILES string of the molecule is c1ccc2c(c1)nc(Nc1ccc3c(c1)OCCO3)c1nnnn12. The van der Waals surface area contributed by atoms with Gasteiger partial charge >= 0.3 is 0 Å². The predicted octanol–water partition coefficient (Wildman–Crippen LogP) is 2.19. The van der Waals surface area contributed by atoms with Crippen molar-refractivity contribution >= 4 is 28.2 Å². The molecular formula is C16H12N6O2. The van der Waals surface area contributed by atoms with E-state index < -0.39 is 0 Å². The summed E-state index contributed by atoms with van der Waals surface area (Å²) in [4.78, 5) is 4.64. The number of aromatic nitrogens is 5. The van der Waals surface area contributed by atoms with Gasteiger partial charge in [-0.2, -0.15) is 4.52 Å². The van der Waals surface area contributed by atoms with Crippen LogP contribution in [0.1, 0.15) is 0 Å². The molecule has 118 valence electrons. The molecule has 0 amide bonds. The summed E-state index contributed by atoms with van der Waals surface area (Å²) >= 11 is 0. The van der Waals surface area contributed by atoms with Crippen molar-refractivity contribution in [3.05, 3.63) is 42.5 Å². The van der Waals surface area contributed by atoms with Crippen LogP contribution in [0.2, 0.25) is 0 Å². The van der Waals surface area contributed by atoms with E-state index in [-0.39, 0.29) is 0 Å². The molecule has 4 aromatic rings. The van der Waals surface area contributed by atoms with Crippen LogP contribution in [-0.4, -0.2) is 38.2 Å². The molecule has 5 rings (SSSR count). The summed E-state index contributed by atoms with van der Waals surface area (Å²) in [5.41, 5.74) is 3.04. The number of anilines is 2. The molecule has 0 bridgehead atoms. The fourth-order valence-electron chi connectivity index (χ4n) is 2.75. The highest BCUT2D eigenvalue weighted by Gasteiger charge is 2.14. The standard InChI is InChI=1S/C16H12N6O2/c1-2-4-12-11(3-1)18-15(16-19-20-21-22(12)16)17-10-5-6-13-14(9-10)24-8-7-23-13/h1-6,9H,7-8H2,(H,17,18). The minimum atomic E-state index is 0.545. The van der Waals surface area contributed by atoms with Gasteiger partial charge in [0.2, 0.25) is 5.65 Å². The normalized spacial score (nSPS) is 13.3. The predicted molar refractivity (Wildman–Crippen MR) is 86.8 cm³/mol. The molecule has 0 aliphatic carbocycles. The molecule has 8 nitrogen and oxygen atoms in total. The third kappa shape index (κ3) is 2.00. The Morgan fingerprint density at radius 2 is 1.88 bits per heavy atom. The molecule has 0 unspecified atom stereocenters. The Morgan fingerprint density at radius 1 is 1.00 bits per heavy atom. The Hall–Kier alpha value is -3.42. The van der Waals surface area contributed by atoms with Crippen molar-refractivity contribution < 1.29 is 9.47 Å². The first-order chi connectivity index (χ1) is 11.9. The van der Waals surface area contributed by atoms with Gasteiger partial charge in [-0.25, -0.2) is 4.98 Å². The number of ether oxygens (including phenoxy) is 2. The molecule has 1 aliphatic rings. The summed E-state index contributed by atoms with van der Waals surface area (Å²) in [5, 5.41) is 15.2. The minimum Gasteiger partial charge on any atom is -0.486 e. The molecule has 1 N–H and O–H groups in total. The number of benzene rings is 2. The van der Waals surface area contributed by atoms with E-state index in [9.17, 15) is 0 Å². The molecule has 0 radical (unpaired) electrons. The molecule has 2 aromatic heterocycles. The number of nitrogens with zero attached hydrogens (tertiary/aromatic N) is 5. The zero-order valence-electron chi connectivity index (χ0n) is 12.5. The van der Waals surface area contributed by atoms with Crippen molar-refractivity contribution in [1.82, 2.24) is 25.0 Å². The van der Waals surface area contributed by atoms with Crippen molar-refractivity contribution in [2.45, 2.75) is 0 Å². The largest absolute Gasteiger partial charge is 0.486 e. The van der Waals surface area contributed by atoms with Crippen molar-refractivity contribution in [2.24, 2.45) is 0 Å². The Balaban J connectivity index is 1.62. The highest BCUT2D eigenvalue weighted by molar-refractivity contribution is 5.83. The van der Waals surface area contributed by atoms with Gasteiger partial charge in [-0.1, -0.05) is 12.1 Å². The number of fused-ring (bicyclic) bond motifs is 4. The maximum absolute atomic E-state index is 5.61. The number of hydrogen-bond donors (Lipinski definition) is 1. The summed E-state index contributed by atoms with van der Waals surface area (Å²) in [5.74, 6) is 2.03. The second kappa shape index (κ2) is 5.05. The van der Waals surface area contributed by atoms with Crippen LogP contribution in [-0.2, 0) is 0 Å². The molecule has 24 heavy (non-hydrogen) atoms. The summed E-state index contributed by atoms with van der Waals surface area (Å²) in [6, 6.07) is 13.4. The van der Waals surface area contributed by atoms with Gasteiger partial charge in [-0.15, -0.1) is 5.10 Å². The zero-order valence-corrected chi connectivity index (χ0v) is 12.5. The molecule has 2 aromatic carbocycles. The molecule has 0 saturated carbocycles. The van der Waals surface area contributed by atoms with Gasteiger partial charge in [0.25, 0.3) is 0 Å². The van der Waals surface area contributed by atoms with E-state index in [1.165, 1.54) is 0 Å². The average Bonchev–Trinajstić information content (AvgIpc) is 3.12. The van der Waals surface area contributed by atoms with E-state index in [0.717, 1.165) is 22.5 Å². The third-order valence-corrected chi connectivity index (χ3v) is 3.83. The first-order valence-electron chi connectivity index (χ1n) is 7.52. The van der Waals surface area contributed by atoms with Crippen LogP contribution in [0.4, 0.5) is 11.5 Å². The minimum absolute atomic E-state index is 0.545. The van der Waals surface area contributed by atoms with Crippen molar-refractivity contribution in [3.8, 4) is 11.5 Å². The quantitative estimate of drug-likeness (QED) is 0.606. The molecule has 0 atom stereocenters. The van der Waals surface area contributed by atoms with Gasteiger partial charge in [-0.05, 0) is 34.7 Å². The Bertz CT molecular complexity index is 1060. The maximum Gasteiger partial charge on any atom is 0.222 e. The number of nitrogens with one attached hydrogen (secondary N) is 1. The van der Waals surface area contributed by atoms with E-state index in [4.69, 9.17) is 9.47 Å². The van der Waals surface area contributed by atoms with Gasteiger partial charge in [0.1, 0.15) is 13.2 Å². The van der Waals surface area contributed by atoms with Crippen LogP contribution in [0.3, 0.4) is 0 Å². The molecule has 0 fully saturated rings. The lowest BCUT2D eigenvalue weighted by atomic mass is 10.2. The van der Waals surface area contributed by atoms with Gasteiger partial charge in [0.05, 0.1) is 11.0 Å². The van der Waals surface area contributed by atoms with Crippen LogP contribution < -0.4 is 14.8 Å². The summed E-state index contributed by atoms with van der Waals surface area (Å²) in [7, 11) is 0. The molecule has 8 heteroatoms. The first-order valence-corrected chi connectivity index (χ1v) is 7.52. The van der Waals surface area contributed by atoms with Gasteiger partial charge in [0, 0.05) is 11.8 Å². The molecule has 0 saturated heterocycles. The summed E-state index contributed by atoms with van der Waals surface area (Å²) in [6.45, 7) is 1.11. The molecule has 3 heterocycles. The summed E-state index contributed by atoms with van der Waals surface area (Å²) in [6.07, 6.45) is 0. The lowest BCUT2D eigenvalue weighted by molar-refractivity contribution is 0.171. The Morgan fingerprint density at radius 3 is 2.83 bits per heavy atom. The number of tetrazole rings is 1. The van der Waals surface area contributed by atoms with Crippen LogP contribution in [0.5, 0.6) is 11.5 Å². The first kappa shape index (κ1) is 13.1. The van der Waals surface area contributed by atoms with Gasteiger partial charge in [0.15, 0.2) is 17.3 Å². The fourth-order valence-corrected chi connectivity index (χ4v) is 2.75. The molecule has 0 spiro atoms. The molecule has 1 aliphatic heterocycles. The number of hydrogen-bond acceptors (Lipinski definition) is 7. The van der Waals surface area contributed by atoms with Crippen molar-refractivity contribution in [1.29, 1.82) is 0 Å². The second-order valence-electron chi connectivity index (χ2n) is 5.35. The van der Waals surface area contributed by atoms with Crippen LogP contribution in [0.15, 0.2) is 42.5 Å². The van der Waals surface area contributed by atoms with E-state index in [1.54, 1.807) is 4.52 Å². The highest BCUT2D eigenvalue weighted by Crippen LogP contribution is 2.34. The zero-order chi connectivity index (χ0) is 15.9. The van der Waals surface area contributed by atoms with Gasteiger partial charge in [-0.3, -0.25) is 0 Å². The average molecular weight is 320 g/mol. The Labute approximate surface area is 136 Å². The Kier molecular flexibility index (Phi) is 2.75. The third-order valence-electron chi connectivity index (χ3n) is 3.83. The monoisotopic (exact) mass is 320 g/mol. The fraction of sp³-hybridized carbons (Fsp3) is 0.125. The lowest BCUT2D eigenvalue weighted by Gasteiger charge is -2.19. The number of rotatable bonds is 2. The molecular weight excluding hydrogens is 308 g/mol. The van der Waals surface area contributed by atoms with Crippen molar-refractivity contribution in [3.63, 3.8) is 0 Å². The number of para-hydroxylation sites is 2. The van der Waals surface area contributed by atoms with E-state index >= 15 is 0 Å². The van der Waals surface area contributed by atoms with Crippen molar-refractivity contribution in [2.75, 3.05) is 18.5 Å². The topological polar surface area (TPSA) is 86.5 Å². The van der Waals surface area contributed by atoms with E-state index in [2.05, 4.69) is 25.8 Å². The van der Waals surface area contributed by atoms with Crippen LogP contribution >= 0.6 is 0 Å². The van der Waals surface area contributed by atoms with E-state index in [0.29, 0.717) is 30.4 Å². The second-order valence-corrected chi connectivity index (χ2v) is 5.35. The smallest absolute Gasteiger partial charge is 0.222 e. The van der Waals surface area contributed by atoms with E-state index in [1.807, 2.05) is 42.5 Å².